The quantitative estimate of drug-likeness (QED) is 0.619. The second-order valence-electron chi connectivity index (χ2n) is 6.72. The number of aromatic amines is 2. The molecule has 3 N–H and O–H groups in total. The van der Waals surface area contributed by atoms with Crippen LogP contribution in [0.3, 0.4) is 0 Å². The third-order valence-electron chi connectivity index (χ3n) is 4.84. The van der Waals surface area contributed by atoms with Gasteiger partial charge >= 0.3 is 5.69 Å². The molecule has 0 aliphatic carbocycles. The van der Waals surface area contributed by atoms with Gasteiger partial charge in [0.05, 0.1) is 15.9 Å². The summed E-state index contributed by atoms with van der Waals surface area (Å²) in [7, 11) is -3.67. The van der Waals surface area contributed by atoms with E-state index in [0.29, 0.717) is 24.1 Å². The molecule has 0 bridgehead atoms. The van der Waals surface area contributed by atoms with Crippen molar-refractivity contribution in [3.63, 3.8) is 0 Å². The fourth-order valence-corrected chi connectivity index (χ4v) is 4.52. The minimum atomic E-state index is -3.67. The fourth-order valence-electron chi connectivity index (χ4n) is 3.38. The van der Waals surface area contributed by atoms with E-state index in [1.54, 1.807) is 18.2 Å². The summed E-state index contributed by atoms with van der Waals surface area (Å²) in [5, 5.41) is 0. The van der Waals surface area contributed by atoms with Crippen molar-refractivity contribution in [1.82, 2.24) is 14.7 Å². The molecule has 3 aromatic rings. The van der Waals surface area contributed by atoms with E-state index >= 15 is 0 Å². The number of halogens is 1. The lowest BCUT2D eigenvalue weighted by atomic mass is 10.1. The maximum atomic E-state index is 13.0. The lowest BCUT2D eigenvalue weighted by Crippen LogP contribution is -2.31. The Morgan fingerprint density at radius 3 is 2.63 bits per heavy atom. The monoisotopic (exact) mass is 390 g/mol. The lowest BCUT2D eigenvalue weighted by molar-refractivity contribution is 0.541. The van der Waals surface area contributed by atoms with Crippen molar-refractivity contribution in [2.75, 3.05) is 24.5 Å². The number of rotatable bonds is 5. The Labute approximate surface area is 155 Å². The van der Waals surface area contributed by atoms with Crippen LogP contribution in [0.15, 0.2) is 52.2 Å². The Morgan fingerprint density at radius 2 is 1.85 bits per heavy atom. The van der Waals surface area contributed by atoms with E-state index in [2.05, 4.69) is 19.6 Å². The van der Waals surface area contributed by atoms with Gasteiger partial charge in [-0.15, -0.1) is 0 Å². The average molecular weight is 390 g/mol. The van der Waals surface area contributed by atoms with Crippen LogP contribution in [0.1, 0.15) is 6.42 Å². The summed E-state index contributed by atoms with van der Waals surface area (Å²) in [5.74, 6) is -0.108. The predicted octanol–water partition coefficient (Wildman–Crippen LogP) is 1.80. The smallest absolute Gasteiger partial charge is 0.323 e. The number of hydrogen-bond acceptors (Lipinski definition) is 4. The topological polar surface area (TPSA) is 98.1 Å². The Hall–Kier alpha value is -2.65. The minimum absolute atomic E-state index is 0.110. The summed E-state index contributed by atoms with van der Waals surface area (Å²) in [6.07, 6.45) is 0.851. The Kier molecular flexibility index (Phi) is 4.48. The van der Waals surface area contributed by atoms with Crippen LogP contribution in [0.2, 0.25) is 0 Å². The number of aromatic nitrogens is 2. The van der Waals surface area contributed by atoms with Crippen molar-refractivity contribution < 1.29 is 12.8 Å². The second kappa shape index (κ2) is 6.82. The van der Waals surface area contributed by atoms with Crippen molar-refractivity contribution in [3.8, 4) is 0 Å². The molecule has 27 heavy (non-hydrogen) atoms. The number of H-pyrrole nitrogens is 2. The van der Waals surface area contributed by atoms with Crippen LogP contribution < -0.4 is 15.3 Å². The number of nitrogens with zero attached hydrogens (tertiary/aromatic N) is 1. The molecule has 0 spiro atoms. The zero-order valence-electron chi connectivity index (χ0n) is 14.4. The van der Waals surface area contributed by atoms with Gasteiger partial charge in [0, 0.05) is 25.3 Å². The summed E-state index contributed by atoms with van der Waals surface area (Å²) < 4.78 is 40.8. The molecule has 0 saturated carbocycles. The van der Waals surface area contributed by atoms with Crippen LogP contribution in [0, 0.1) is 11.7 Å². The van der Waals surface area contributed by atoms with Crippen molar-refractivity contribution in [3.05, 3.63) is 58.8 Å². The first-order chi connectivity index (χ1) is 12.9. The van der Waals surface area contributed by atoms with Gasteiger partial charge < -0.3 is 14.9 Å². The van der Waals surface area contributed by atoms with Gasteiger partial charge in [-0.3, -0.25) is 0 Å². The largest absolute Gasteiger partial charge is 0.371 e. The molecule has 1 aliphatic heterocycles. The predicted molar refractivity (Wildman–Crippen MR) is 101 cm³/mol. The molecule has 1 aromatic heterocycles. The van der Waals surface area contributed by atoms with E-state index in [1.807, 2.05) is 0 Å². The molecule has 4 rings (SSSR count). The molecule has 7 nitrogen and oxygen atoms in total. The van der Waals surface area contributed by atoms with Crippen LogP contribution in [-0.4, -0.2) is 38.0 Å². The highest BCUT2D eigenvalue weighted by molar-refractivity contribution is 7.89. The van der Waals surface area contributed by atoms with Gasteiger partial charge in [0.25, 0.3) is 0 Å². The number of nitrogens with one attached hydrogen (secondary N) is 3. The van der Waals surface area contributed by atoms with E-state index in [1.165, 1.54) is 24.3 Å². The fraction of sp³-hybridized carbons (Fsp3) is 0.278. The van der Waals surface area contributed by atoms with Gasteiger partial charge in [-0.2, -0.15) is 0 Å². The normalized spacial score (nSPS) is 17.7. The third-order valence-corrected chi connectivity index (χ3v) is 6.26. The molecule has 1 unspecified atom stereocenters. The van der Waals surface area contributed by atoms with Crippen molar-refractivity contribution in [1.29, 1.82) is 0 Å². The molecule has 0 amide bonds. The molecule has 9 heteroatoms. The average Bonchev–Trinajstić information content (AvgIpc) is 3.25. The number of anilines is 1. The molecule has 0 radical (unpaired) electrons. The first-order valence-corrected chi connectivity index (χ1v) is 10.1. The summed E-state index contributed by atoms with van der Waals surface area (Å²) >= 11 is 0. The van der Waals surface area contributed by atoms with Crippen LogP contribution in [0.5, 0.6) is 0 Å². The molecule has 1 atom stereocenters. The van der Waals surface area contributed by atoms with Crippen LogP contribution >= 0.6 is 0 Å². The van der Waals surface area contributed by atoms with E-state index in [0.717, 1.165) is 18.7 Å². The van der Waals surface area contributed by atoms with Crippen molar-refractivity contribution in [2.45, 2.75) is 11.3 Å². The minimum Gasteiger partial charge on any atom is -0.371 e. The molecule has 1 aliphatic rings. The SMILES string of the molecule is O=c1[nH]c2ccc(S(=O)(=O)NCC3CCN(c4ccc(F)cc4)C3)cc2[nH]1. The van der Waals surface area contributed by atoms with Gasteiger partial charge in [0.15, 0.2) is 0 Å². The number of imidazole rings is 1. The first-order valence-electron chi connectivity index (χ1n) is 8.63. The third kappa shape index (κ3) is 3.74. The number of sulfonamides is 1. The Balaban J connectivity index is 1.41. The zero-order valence-corrected chi connectivity index (χ0v) is 15.2. The van der Waals surface area contributed by atoms with E-state index in [4.69, 9.17) is 0 Å². The molecule has 1 saturated heterocycles. The molecule has 2 aromatic carbocycles. The van der Waals surface area contributed by atoms with Crippen molar-refractivity contribution >= 4 is 26.7 Å². The van der Waals surface area contributed by atoms with Crippen molar-refractivity contribution in [2.24, 2.45) is 5.92 Å². The van der Waals surface area contributed by atoms with E-state index in [-0.39, 0.29) is 22.3 Å². The number of fused-ring (bicyclic) bond motifs is 1. The maximum absolute atomic E-state index is 13.0. The maximum Gasteiger partial charge on any atom is 0.323 e. The van der Waals surface area contributed by atoms with Gasteiger partial charge in [0.1, 0.15) is 5.82 Å². The highest BCUT2D eigenvalue weighted by Gasteiger charge is 2.25. The van der Waals surface area contributed by atoms with Gasteiger partial charge in [0.2, 0.25) is 10.0 Å². The van der Waals surface area contributed by atoms with Crippen LogP contribution in [-0.2, 0) is 10.0 Å². The summed E-state index contributed by atoms with van der Waals surface area (Å²) in [4.78, 5) is 18.7. The standard InChI is InChI=1S/C18H19FN4O3S/c19-13-1-3-14(4-2-13)23-8-7-12(11-23)10-20-27(25,26)15-5-6-16-17(9-15)22-18(24)21-16/h1-6,9,12,20H,7-8,10-11H2,(H2,21,22,24). The molecule has 1 fully saturated rings. The van der Waals surface area contributed by atoms with E-state index < -0.39 is 10.0 Å². The highest BCUT2D eigenvalue weighted by atomic mass is 32.2. The number of benzene rings is 2. The summed E-state index contributed by atoms with van der Waals surface area (Å²) in [6.45, 7) is 1.83. The van der Waals surface area contributed by atoms with Gasteiger partial charge in [-0.05, 0) is 54.8 Å². The Morgan fingerprint density at radius 1 is 1.11 bits per heavy atom. The summed E-state index contributed by atoms with van der Waals surface area (Å²) in [5.41, 5.74) is 1.57. The lowest BCUT2D eigenvalue weighted by Gasteiger charge is -2.18. The zero-order chi connectivity index (χ0) is 19.0. The highest BCUT2D eigenvalue weighted by Crippen LogP contribution is 2.24. The second-order valence-corrected chi connectivity index (χ2v) is 8.48. The van der Waals surface area contributed by atoms with Crippen LogP contribution in [0.4, 0.5) is 10.1 Å². The van der Waals surface area contributed by atoms with E-state index in [9.17, 15) is 17.6 Å². The Bertz CT molecular complexity index is 1120. The first kappa shape index (κ1) is 17.7. The molecule has 2 heterocycles. The van der Waals surface area contributed by atoms with Crippen LogP contribution in [0.25, 0.3) is 11.0 Å². The number of hydrogen-bond donors (Lipinski definition) is 3. The molecular weight excluding hydrogens is 371 g/mol. The molecular formula is C18H19FN4O3S. The summed E-state index contributed by atoms with van der Waals surface area (Å²) in [6, 6.07) is 10.8. The van der Waals surface area contributed by atoms with Gasteiger partial charge in [-0.1, -0.05) is 0 Å². The van der Waals surface area contributed by atoms with Gasteiger partial charge in [-0.25, -0.2) is 22.3 Å². The molecule has 142 valence electrons.